The molecule has 0 amide bonds. The molecule has 1 fully saturated rings. The second-order valence-corrected chi connectivity index (χ2v) is 6.19. The molecule has 1 aliphatic heterocycles. The molecule has 0 bridgehead atoms. The molecule has 2 rings (SSSR count). The van der Waals surface area contributed by atoms with Crippen LogP contribution in [0, 0.1) is 11.8 Å². The van der Waals surface area contributed by atoms with E-state index in [9.17, 15) is 0 Å². The summed E-state index contributed by atoms with van der Waals surface area (Å²) < 4.78 is 2.04. The zero-order chi connectivity index (χ0) is 13.8. The third kappa shape index (κ3) is 3.57. The van der Waals surface area contributed by atoms with Gasteiger partial charge in [0.1, 0.15) is 0 Å². The van der Waals surface area contributed by atoms with Gasteiger partial charge < -0.3 is 5.73 Å². The fraction of sp³-hybridized carbons (Fsp3) is 0.800. The summed E-state index contributed by atoms with van der Waals surface area (Å²) in [4.78, 5) is 2.55. The molecule has 0 spiro atoms. The summed E-state index contributed by atoms with van der Waals surface area (Å²) >= 11 is 0. The molecule has 3 unspecified atom stereocenters. The van der Waals surface area contributed by atoms with Gasteiger partial charge in [0.05, 0.1) is 12.2 Å². The van der Waals surface area contributed by atoms with Gasteiger partial charge in [0.25, 0.3) is 0 Å². The first-order chi connectivity index (χ1) is 9.13. The molecular formula is C15H28N4. The average molecular weight is 264 g/mol. The van der Waals surface area contributed by atoms with Crippen LogP contribution in [0.3, 0.4) is 0 Å². The molecule has 0 aromatic carbocycles. The number of likely N-dealkylation sites (tertiary alicyclic amines) is 1. The number of nitrogens with zero attached hydrogens (tertiary/aromatic N) is 3. The minimum Gasteiger partial charge on any atom is -0.329 e. The number of hydrogen-bond acceptors (Lipinski definition) is 3. The van der Waals surface area contributed by atoms with Gasteiger partial charge in [-0.05, 0) is 24.7 Å². The second kappa shape index (κ2) is 6.53. The minimum absolute atomic E-state index is 0.329. The van der Waals surface area contributed by atoms with E-state index in [1.54, 1.807) is 0 Å². The second-order valence-electron chi connectivity index (χ2n) is 6.19. The Hall–Kier alpha value is -0.870. The number of hydrogen-bond donors (Lipinski definition) is 1. The van der Waals surface area contributed by atoms with Gasteiger partial charge in [0, 0.05) is 37.9 Å². The van der Waals surface area contributed by atoms with E-state index in [1.807, 2.05) is 10.9 Å². The molecule has 0 radical (unpaired) electrons. The van der Waals surface area contributed by atoms with Crippen LogP contribution in [0.4, 0.5) is 0 Å². The molecule has 19 heavy (non-hydrogen) atoms. The number of aromatic nitrogens is 2. The molecule has 2 N–H and O–H groups in total. The lowest BCUT2D eigenvalue weighted by Gasteiger charge is -2.39. The van der Waals surface area contributed by atoms with Crippen LogP contribution < -0.4 is 5.73 Å². The normalized spacial score (nSPS) is 26.5. The third-order valence-corrected chi connectivity index (χ3v) is 4.05. The molecule has 1 aromatic heterocycles. The maximum Gasteiger partial charge on any atom is 0.0538 e. The molecule has 2 heterocycles. The smallest absolute Gasteiger partial charge is 0.0538 e. The summed E-state index contributed by atoms with van der Waals surface area (Å²) in [6.07, 6.45) is 6.62. The standard InChI is InChI=1S/C15H28N4/c1-4-5-19-11-14(8-17-19)15(7-16)18-9-12(2)6-13(3)10-18/h8,11-13,15H,4-7,9-10,16H2,1-3H3. The molecule has 3 atom stereocenters. The van der Waals surface area contributed by atoms with Crippen LogP contribution in [0.25, 0.3) is 0 Å². The molecule has 0 saturated carbocycles. The third-order valence-electron chi connectivity index (χ3n) is 4.05. The van der Waals surface area contributed by atoms with Gasteiger partial charge in [-0.2, -0.15) is 5.10 Å². The molecular weight excluding hydrogens is 236 g/mol. The van der Waals surface area contributed by atoms with E-state index in [0.717, 1.165) is 37.9 Å². The van der Waals surface area contributed by atoms with E-state index in [0.29, 0.717) is 12.6 Å². The van der Waals surface area contributed by atoms with Gasteiger partial charge in [-0.3, -0.25) is 9.58 Å². The Morgan fingerprint density at radius 1 is 1.37 bits per heavy atom. The first kappa shape index (κ1) is 14.5. The van der Waals surface area contributed by atoms with Crippen LogP contribution in [-0.2, 0) is 6.54 Å². The van der Waals surface area contributed by atoms with E-state index in [-0.39, 0.29) is 0 Å². The monoisotopic (exact) mass is 264 g/mol. The topological polar surface area (TPSA) is 47.1 Å². The Labute approximate surface area is 117 Å². The highest BCUT2D eigenvalue weighted by Gasteiger charge is 2.28. The van der Waals surface area contributed by atoms with E-state index in [2.05, 4.69) is 37.0 Å². The maximum atomic E-state index is 6.03. The summed E-state index contributed by atoms with van der Waals surface area (Å²) in [5, 5.41) is 4.44. The highest BCUT2D eigenvalue weighted by Crippen LogP contribution is 2.28. The average Bonchev–Trinajstić information content (AvgIpc) is 2.78. The van der Waals surface area contributed by atoms with Crippen LogP contribution >= 0.6 is 0 Å². The van der Waals surface area contributed by atoms with Crippen molar-refractivity contribution < 1.29 is 0 Å². The van der Waals surface area contributed by atoms with Crippen molar-refractivity contribution >= 4 is 0 Å². The molecule has 1 saturated heterocycles. The quantitative estimate of drug-likeness (QED) is 0.887. The molecule has 0 aliphatic carbocycles. The van der Waals surface area contributed by atoms with Crippen molar-refractivity contribution in [2.45, 2.75) is 46.2 Å². The lowest BCUT2D eigenvalue weighted by atomic mass is 9.90. The van der Waals surface area contributed by atoms with E-state index in [1.165, 1.54) is 12.0 Å². The Kier molecular flexibility index (Phi) is 4.99. The van der Waals surface area contributed by atoms with Gasteiger partial charge in [0.2, 0.25) is 0 Å². The predicted molar refractivity (Wildman–Crippen MR) is 78.8 cm³/mol. The number of aryl methyl sites for hydroxylation is 1. The summed E-state index contributed by atoms with van der Waals surface area (Å²) in [5.41, 5.74) is 7.31. The van der Waals surface area contributed by atoms with Crippen molar-refractivity contribution in [2.75, 3.05) is 19.6 Å². The van der Waals surface area contributed by atoms with Gasteiger partial charge in [-0.25, -0.2) is 0 Å². The van der Waals surface area contributed by atoms with Gasteiger partial charge >= 0.3 is 0 Å². The van der Waals surface area contributed by atoms with E-state index >= 15 is 0 Å². The van der Waals surface area contributed by atoms with Gasteiger partial charge in [-0.15, -0.1) is 0 Å². The van der Waals surface area contributed by atoms with Crippen LogP contribution in [0.5, 0.6) is 0 Å². The fourth-order valence-electron chi connectivity index (χ4n) is 3.36. The molecule has 1 aromatic rings. The summed E-state index contributed by atoms with van der Waals surface area (Å²) in [7, 11) is 0. The first-order valence-electron chi connectivity index (χ1n) is 7.60. The summed E-state index contributed by atoms with van der Waals surface area (Å²) in [6.45, 7) is 10.8. The summed E-state index contributed by atoms with van der Waals surface area (Å²) in [6, 6.07) is 0.329. The lowest BCUT2D eigenvalue weighted by molar-refractivity contribution is 0.0983. The number of nitrogens with two attached hydrogens (primary N) is 1. The van der Waals surface area contributed by atoms with Crippen molar-refractivity contribution in [3.05, 3.63) is 18.0 Å². The van der Waals surface area contributed by atoms with Crippen molar-refractivity contribution in [3.63, 3.8) is 0 Å². The highest BCUT2D eigenvalue weighted by atomic mass is 15.3. The largest absolute Gasteiger partial charge is 0.329 e. The first-order valence-corrected chi connectivity index (χ1v) is 7.60. The molecule has 108 valence electrons. The van der Waals surface area contributed by atoms with Crippen LogP contribution in [0.15, 0.2) is 12.4 Å². The highest BCUT2D eigenvalue weighted by molar-refractivity contribution is 5.12. The van der Waals surface area contributed by atoms with Crippen molar-refractivity contribution in [1.82, 2.24) is 14.7 Å². The van der Waals surface area contributed by atoms with E-state index in [4.69, 9.17) is 5.73 Å². The fourth-order valence-corrected chi connectivity index (χ4v) is 3.36. The predicted octanol–water partition coefficient (Wildman–Crippen LogP) is 2.27. The molecule has 4 nitrogen and oxygen atoms in total. The van der Waals surface area contributed by atoms with Crippen molar-refractivity contribution in [2.24, 2.45) is 17.6 Å². The zero-order valence-electron chi connectivity index (χ0n) is 12.5. The Morgan fingerprint density at radius 3 is 2.63 bits per heavy atom. The van der Waals surface area contributed by atoms with E-state index < -0.39 is 0 Å². The Bertz CT molecular complexity index is 377. The number of piperidine rings is 1. The van der Waals surface area contributed by atoms with Crippen molar-refractivity contribution in [1.29, 1.82) is 0 Å². The Balaban J connectivity index is 2.09. The maximum absolute atomic E-state index is 6.03. The molecule has 1 aliphatic rings. The van der Waals surface area contributed by atoms with Gasteiger partial charge in [-0.1, -0.05) is 20.8 Å². The van der Waals surface area contributed by atoms with Crippen molar-refractivity contribution in [3.8, 4) is 0 Å². The minimum atomic E-state index is 0.329. The lowest BCUT2D eigenvalue weighted by Crippen LogP contribution is -2.43. The van der Waals surface area contributed by atoms with Crippen LogP contribution in [-0.4, -0.2) is 34.3 Å². The number of rotatable bonds is 5. The SMILES string of the molecule is CCCn1cc(C(CN)N2CC(C)CC(C)C2)cn1. The molecule has 4 heteroatoms. The summed E-state index contributed by atoms with van der Waals surface area (Å²) in [5.74, 6) is 1.53. The van der Waals surface area contributed by atoms with Gasteiger partial charge in [0.15, 0.2) is 0 Å². The van der Waals surface area contributed by atoms with Crippen LogP contribution in [0.1, 0.15) is 45.2 Å². The Morgan fingerprint density at radius 2 is 2.05 bits per heavy atom. The van der Waals surface area contributed by atoms with Crippen LogP contribution in [0.2, 0.25) is 0 Å². The zero-order valence-corrected chi connectivity index (χ0v) is 12.5.